The highest BCUT2D eigenvalue weighted by molar-refractivity contribution is 5.83. The zero-order valence-electron chi connectivity index (χ0n) is 14.8. The van der Waals surface area contributed by atoms with Crippen LogP contribution in [0.4, 0.5) is 4.79 Å². The summed E-state index contributed by atoms with van der Waals surface area (Å²) in [5.41, 5.74) is 1.27. The van der Waals surface area contributed by atoms with Crippen molar-refractivity contribution in [2.45, 2.75) is 25.7 Å². The second kappa shape index (κ2) is 8.23. The molecule has 0 saturated carbocycles. The number of cyclic esters (lactones) is 1. The van der Waals surface area contributed by atoms with E-state index in [0.29, 0.717) is 19.1 Å². The molecule has 0 unspecified atom stereocenters. The normalized spacial score (nSPS) is 20.5. The lowest BCUT2D eigenvalue weighted by molar-refractivity contribution is -0.133. The lowest BCUT2D eigenvalue weighted by Crippen LogP contribution is -2.45. The van der Waals surface area contributed by atoms with Crippen LogP contribution in [0.2, 0.25) is 0 Å². The van der Waals surface area contributed by atoms with E-state index >= 15 is 0 Å². The van der Waals surface area contributed by atoms with Gasteiger partial charge in [0.25, 0.3) is 0 Å². The van der Waals surface area contributed by atoms with Crippen molar-refractivity contribution in [3.05, 3.63) is 29.8 Å². The van der Waals surface area contributed by atoms with E-state index in [1.165, 1.54) is 10.5 Å². The number of amides is 2. The Kier molecular flexibility index (Phi) is 5.79. The van der Waals surface area contributed by atoms with Gasteiger partial charge in [0.2, 0.25) is 5.91 Å². The second-order valence-electron chi connectivity index (χ2n) is 6.77. The molecule has 0 N–H and O–H groups in total. The van der Waals surface area contributed by atoms with Crippen LogP contribution in [0.1, 0.15) is 24.8 Å². The van der Waals surface area contributed by atoms with Gasteiger partial charge in [0.05, 0.1) is 13.7 Å². The number of benzene rings is 1. The quantitative estimate of drug-likeness (QED) is 0.793. The van der Waals surface area contributed by atoms with Crippen LogP contribution in [0.5, 0.6) is 5.75 Å². The predicted octanol–water partition coefficient (Wildman–Crippen LogP) is 2.32. The minimum atomic E-state index is -0.375. The lowest BCUT2D eigenvalue weighted by atomic mass is 9.91. The maximum Gasteiger partial charge on any atom is 0.410 e. The molecule has 25 heavy (non-hydrogen) atoms. The van der Waals surface area contributed by atoms with Gasteiger partial charge < -0.3 is 14.4 Å². The molecule has 0 radical (unpaired) electrons. The fourth-order valence-electron chi connectivity index (χ4n) is 3.56. The number of nitrogens with zero attached hydrogens (tertiary/aromatic N) is 2. The van der Waals surface area contributed by atoms with Crippen LogP contribution in [0.15, 0.2) is 24.3 Å². The number of rotatable bonds is 6. The van der Waals surface area contributed by atoms with Gasteiger partial charge in [-0.2, -0.15) is 0 Å². The molecule has 2 fully saturated rings. The van der Waals surface area contributed by atoms with E-state index in [2.05, 4.69) is 12.1 Å². The fraction of sp³-hybridized carbons (Fsp3) is 0.579. The van der Waals surface area contributed by atoms with Crippen LogP contribution in [-0.2, 0) is 16.0 Å². The van der Waals surface area contributed by atoms with E-state index in [0.717, 1.165) is 44.5 Å². The maximum absolute atomic E-state index is 12.5. The summed E-state index contributed by atoms with van der Waals surface area (Å²) in [4.78, 5) is 27.4. The molecule has 6 heteroatoms. The molecule has 1 atom stereocenters. The van der Waals surface area contributed by atoms with E-state index in [1.54, 1.807) is 7.11 Å². The summed E-state index contributed by atoms with van der Waals surface area (Å²) in [5.74, 6) is 1.43. The Labute approximate surface area is 148 Å². The third kappa shape index (κ3) is 4.65. The number of carbonyl (C=O) groups is 2. The molecule has 2 amide bonds. The second-order valence-corrected chi connectivity index (χ2v) is 6.77. The van der Waals surface area contributed by atoms with Gasteiger partial charge in [-0.3, -0.25) is 9.69 Å². The van der Waals surface area contributed by atoms with Crippen LogP contribution in [0.25, 0.3) is 0 Å². The zero-order valence-corrected chi connectivity index (χ0v) is 14.8. The van der Waals surface area contributed by atoms with Gasteiger partial charge in [0.15, 0.2) is 0 Å². The largest absolute Gasteiger partial charge is 0.497 e. The van der Waals surface area contributed by atoms with Crippen LogP contribution in [0, 0.1) is 5.92 Å². The van der Waals surface area contributed by atoms with Gasteiger partial charge in [-0.25, -0.2) is 4.79 Å². The highest BCUT2D eigenvalue weighted by atomic mass is 16.6. The van der Waals surface area contributed by atoms with Gasteiger partial charge in [-0.1, -0.05) is 12.1 Å². The van der Waals surface area contributed by atoms with Crippen molar-refractivity contribution in [2.75, 3.05) is 39.9 Å². The van der Waals surface area contributed by atoms with E-state index < -0.39 is 0 Å². The SMILES string of the molecule is COc1cccc(CC[C@@H]2CCCN(C(=O)CN3CCOC3=O)C2)c1. The van der Waals surface area contributed by atoms with Gasteiger partial charge in [-0.15, -0.1) is 0 Å². The fourth-order valence-corrected chi connectivity index (χ4v) is 3.56. The number of carbonyl (C=O) groups excluding carboxylic acids is 2. The Hall–Kier alpha value is -2.24. The molecular formula is C19H26N2O4. The molecule has 2 saturated heterocycles. The third-order valence-corrected chi connectivity index (χ3v) is 5.02. The van der Waals surface area contributed by atoms with Gasteiger partial charge >= 0.3 is 6.09 Å². The van der Waals surface area contributed by atoms with Crippen LogP contribution in [-0.4, -0.2) is 61.7 Å². The molecule has 1 aromatic rings. The minimum Gasteiger partial charge on any atom is -0.497 e. The first-order chi connectivity index (χ1) is 12.2. The number of methoxy groups -OCH3 is 1. The van der Waals surface area contributed by atoms with Gasteiger partial charge in [0.1, 0.15) is 18.9 Å². The molecule has 0 aliphatic carbocycles. The number of hydrogen-bond acceptors (Lipinski definition) is 4. The Morgan fingerprint density at radius 2 is 2.24 bits per heavy atom. The van der Waals surface area contributed by atoms with Crippen molar-refractivity contribution in [1.29, 1.82) is 0 Å². The standard InChI is InChI=1S/C19H26N2O4/c1-24-17-6-2-4-15(12-17)7-8-16-5-3-9-20(13-16)18(22)14-21-10-11-25-19(21)23/h2,4,6,12,16H,3,5,7-11,13-14H2,1H3/t16-/m0/s1. The summed E-state index contributed by atoms with van der Waals surface area (Å²) in [5, 5.41) is 0. The molecule has 2 heterocycles. The molecule has 2 aliphatic rings. The van der Waals surface area contributed by atoms with E-state index in [1.807, 2.05) is 17.0 Å². The first-order valence-electron chi connectivity index (χ1n) is 8.98. The van der Waals surface area contributed by atoms with Crippen LogP contribution >= 0.6 is 0 Å². The molecular weight excluding hydrogens is 320 g/mol. The summed E-state index contributed by atoms with van der Waals surface area (Å²) in [6.45, 7) is 2.61. The minimum absolute atomic E-state index is 0.0323. The van der Waals surface area contributed by atoms with Crippen molar-refractivity contribution in [2.24, 2.45) is 5.92 Å². The summed E-state index contributed by atoms with van der Waals surface area (Å²) in [6, 6.07) is 8.16. The maximum atomic E-state index is 12.5. The van der Waals surface area contributed by atoms with Crippen molar-refractivity contribution < 1.29 is 19.1 Å². The van der Waals surface area contributed by atoms with Gasteiger partial charge in [0, 0.05) is 13.1 Å². The third-order valence-electron chi connectivity index (χ3n) is 5.02. The van der Waals surface area contributed by atoms with E-state index in [-0.39, 0.29) is 18.5 Å². The molecule has 1 aromatic carbocycles. The summed E-state index contributed by atoms with van der Waals surface area (Å²) >= 11 is 0. The van der Waals surface area contributed by atoms with Gasteiger partial charge in [-0.05, 0) is 49.3 Å². The summed E-state index contributed by atoms with van der Waals surface area (Å²) in [7, 11) is 1.68. The Morgan fingerprint density at radius 3 is 3.00 bits per heavy atom. The first-order valence-corrected chi connectivity index (χ1v) is 8.98. The monoisotopic (exact) mass is 346 g/mol. The summed E-state index contributed by atoms with van der Waals surface area (Å²) < 4.78 is 10.2. The topological polar surface area (TPSA) is 59.1 Å². The van der Waals surface area contributed by atoms with Crippen LogP contribution in [0.3, 0.4) is 0 Å². The molecule has 3 rings (SSSR count). The number of likely N-dealkylation sites (tertiary alicyclic amines) is 1. The van der Waals surface area contributed by atoms with Crippen molar-refractivity contribution in [3.8, 4) is 5.75 Å². The van der Waals surface area contributed by atoms with E-state index in [4.69, 9.17) is 9.47 Å². The predicted molar refractivity (Wildman–Crippen MR) is 93.5 cm³/mol. The average molecular weight is 346 g/mol. The molecule has 136 valence electrons. The lowest BCUT2D eigenvalue weighted by Gasteiger charge is -2.33. The van der Waals surface area contributed by atoms with Crippen molar-refractivity contribution in [1.82, 2.24) is 9.80 Å². The van der Waals surface area contributed by atoms with Crippen LogP contribution < -0.4 is 4.74 Å². The molecule has 2 aliphatic heterocycles. The average Bonchev–Trinajstić information content (AvgIpc) is 3.05. The summed E-state index contributed by atoms with van der Waals surface area (Å²) in [6.07, 6.45) is 3.85. The first kappa shape index (κ1) is 17.6. The zero-order chi connectivity index (χ0) is 17.6. The van der Waals surface area contributed by atoms with Crippen molar-refractivity contribution >= 4 is 12.0 Å². The number of piperidine rings is 1. The number of ether oxygens (including phenoxy) is 2. The Balaban J connectivity index is 1.48. The highest BCUT2D eigenvalue weighted by Crippen LogP contribution is 2.23. The molecule has 0 bridgehead atoms. The number of hydrogen-bond donors (Lipinski definition) is 0. The molecule has 6 nitrogen and oxygen atoms in total. The molecule has 0 aromatic heterocycles. The number of aryl methyl sites for hydroxylation is 1. The highest BCUT2D eigenvalue weighted by Gasteiger charge is 2.29. The van der Waals surface area contributed by atoms with Crippen molar-refractivity contribution in [3.63, 3.8) is 0 Å². The Bertz CT molecular complexity index is 619. The molecule has 0 spiro atoms. The smallest absolute Gasteiger partial charge is 0.410 e. The van der Waals surface area contributed by atoms with E-state index in [9.17, 15) is 9.59 Å². The Morgan fingerprint density at radius 1 is 1.36 bits per heavy atom.